The highest BCUT2D eigenvalue weighted by Gasteiger charge is 2.26. The second-order valence-corrected chi connectivity index (χ2v) is 6.43. The Morgan fingerprint density at radius 2 is 1.75 bits per heavy atom. The van der Waals surface area contributed by atoms with Crippen LogP contribution in [0.4, 0.5) is 0 Å². The largest absolute Gasteiger partial charge is 0.375 e. The molecule has 0 bridgehead atoms. The number of hydrogen-bond donors (Lipinski definition) is 0. The number of nitrogens with zero attached hydrogens (tertiary/aromatic N) is 1. The van der Waals surface area contributed by atoms with Crippen LogP contribution >= 0.6 is 0 Å². The lowest BCUT2D eigenvalue weighted by Crippen LogP contribution is -2.42. The molecule has 3 heteroatoms. The molecular formula is C17H29NO2. The lowest BCUT2D eigenvalue weighted by Gasteiger charge is -2.35. The van der Waals surface area contributed by atoms with Crippen molar-refractivity contribution in [2.24, 2.45) is 5.92 Å². The third-order valence-corrected chi connectivity index (χ3v) is 4.70. The van der Waals surface area contributed by atoms with Gasteiger partial charge in [-0.25, -0.2) is 0 Å². The fourth-order valence-corrected chi connectivity index (χ4v) is 3.26. The van der Waals surface area contributed by atoms with E-state index in [1.165, 1.54) is 25.7 Å². The summed E-state index contributed by atoms with van der Waals surface area (Å²) in [7, 11) is 0. The van der Waals surface area contributed by atoms with Gasteiger partial charge in [0.05, 0.1) is 12.2 Å². The number of piperidine rings is 1. The molecule has 1 saturated carbocycles. The van der Waals surface area contributed by atoms with Gasteiger partial charge in [-0.2, -0.15) is 0 Å². The molecular weight excluding hydrogens is 250 g/mol. The van der Waals surface area contributed by atoms with E-state index in [9.17, 15) is 4.79 Å². The molecule has 1 heterocycles. The quantitative estimate of drug-likeness (QED) is 0.720. The fourth-order valence-electron chi connectivity index (χ4n) is 3.26. The van der Waals surface area contributed by atoms with E-state index in [0.717, 1.165) is 38.3 Å². The lowest BCUT2D eigenvalue weighted by molar-refractivity contribution is -0.135. The predicted molar refractivity (Wildman–Crippen MR) is 81.5 cm³/mol. The maximum Gasteiger partial charge on any atom is 0.222 e. The van der Waals surface area contributed by atoms with Gasteiger partial charge in [-0.1, -0.05) is 13.0 Å². The zero-order valence-corrected chi connectivity index (χ0v) is 12.9. The van der Waals surface area contributed by atoms with Crippen LogP contribution in [0, 0.1) is 5.92 Å². The molecule has 2 fully saturated rings. The van der Waals surface area contributed by atoms with Crippen LogP contribution in [0.15, 0.2) is 12.7 Å². The van der Waals surface area contributed by atoms with Crippen molar-refractivity contribution in [1.82, 2.24) is 4.90 Å². The van der Waals surface area contributed by atoms with Crippen molar-refractivity contribution in [2.45, 2.75) is 70.5 Å². The number of carbonyl (C=O) groups is 1. The average Bonchev–Trinajstić information content (AvgIpc) is 2.48. The summed E-state index contributed by atoms with van der Waals surface area (Å²) in [4.78, 5) is 13.9. The Morgan fingerprint density at radius 3 is 2.35 bits per heavy atom. The Labute approximate surface area is 123 Å². The summed E-state index contributed by atoms with van der Waals surface area (Å²) >= 11 is 0. The zero-order chi connectivity index (χ0) is 14.4. The van der Waals surface area contributed by atoms with E-state index in [-0.39, 0.29) is 5.91 Å². The first-order valence-electron chi connectivity index (χ1n) is 8.23. The van der Waals surface area contributed by atoms with Crippen LogP contribution in [0.5, 0.6) is 0 Å². The molecule has 1 amide bonds. The van der Waals surface area contributed by atoms with Crippen molar-refractivity contribution in [3.8, 4) is 0 Å². The number of allylic oxidation sites excluding steroid dienone is 1. The molecule has 0 aromatic carbocycles. The standard InChI is InChI=1S/C17H29NO2/c1-3-4-5-17(19)18-12-10-16(11-13-18)20-15-8-6-14(2)7-9-15/h3,14-16H,1,4-13H2,2H3. The predicted octanol–water partition coefficient (Wildman–Crippen LogP) is 3.54. The van der Waals surface area contributed by atoms with Crippen LogP contribution in [0.25, 0.3) is 0 Å². The monoisotopic (exact) mass is 279 g/mol. The highest BCUT2D eigenvalue weighted by molar-refractivity contribution is 5.76. The van der Waals surface area contributed by atoms with Gasteiger partial charge in [0.2, 0.25) is 5.91 Å². The molecule has 1 aliphatic heterocycles. The Kier molecular flexibility index (Phi) is 6.08. The summed E-state index contributed by atoms with van der Waals surface area (Å²) in [6, 6.07) is 0. The maximum atomic E-state index is 11.9. The van der Waals surface area contributed by atoms with E-state index in [4.69, 9.17) is 4.74 Å². The minimum Gasteiger partial charge on any atom is -0.375 e. The number of likely N-dealkylation sites (tertiary alicyclic amines) is 1. The van der Waals surface area contributed by atoms with E-state index in [1.807, 2.05) is 11.0 Å². The fraction of sp³-hybridized carbons (Fsp3) is 0.824. The van der Waals surface area contributed by atoms with Crippen molar-refractivity contribution in [3.63, 3.8) is 0 Å². The van der Waals surface area contributed by atoms with Crippen LogP contribution in [0.1, 0.15) is 58.3 Å². The SMILES string of the molecule is C=CCCC(=O)N1CCC(OC2CCC(C)CC2)CC1. The van der Waals surface area contributed by atoms with Crippen molar-refractivity contribution in [2.75, 3.05) is 13.1 Å². The van der Waals surface area contributed by atoms with Gasteiger partial charge in [0.15, 0.2) is 0 Å². The third kappa shape index (κ3) is 4.62. The number of amides is 1. The third-order valence-electron chi connectivity index (χ3n) is 4.70. The summed E-state index contributed by atoms with van der Waals surface area (Å²) in [5.41, 5.74) is 0. The van der Waals surface area contributed by atoms with Gasteiger partial charge in [0.1, 0.15) is 0 Å². The van der Waals surface area contributed by atoms with Crippen LogP contribution in [-0.2, 0) is 9.53 Å². The van der Waals surface area contributed by atoms with Crippen LogP contribution < -0.4 is 0 Å². The topological polar surface area (TPSA) is 29.5 Å². The van der Waals surface area contributed by atoms with Crippen molar-refractivity contribution in [1.29, 1.82) is 0 Å². The molecule has 0 radical (unpaired) electrons. The van der Waals surface area contributed by atoms with E-state index < -0.39 is 0 Å². The Bertz CT molecular complexity index is 313. The second-order valence-electron chi connectivity index (χ2n) is 6.43. The van der Waals surface area contributed by atoms with E-state index in [1.54, 1.807) is 0 Å². The summed E-state index contributed by atoms with van der Waals surface area (Å²) in [5.74, 6) is 1.15. The average molecular weight is 279 g/mol. The van der Waals surface area contributed by atoms with Gasteiger partial charge in [-0.05, 0) is 50.9 Å². The molecule has 1 aliphatic carbocycles. The van der Waals surface area contributed by atoms with Gasteiger partial charge >= 0.3 is 0 Å². The Morgan fingerprint density at radius 1 is 1.15 bits per heavy atom. The van der Waals surface area contributed by atoms with Gasteiger partial charge in [-0.3, -0.25) is 4.79 Å². The second kappa shape index (κ2) is 7.82. The first-order chi connectivity index (χ1) is 9.69. The molecule has 0 aromatic rings. The highest BCUT2D eigenvalue weighted by atomic mass is 16.5. The zero-order valence-electron chi connectivity index (χ0n) is 12.9. The molecule has 1 saturated heterocycles. The van der Waals surface area contributed by atoms with Gasteiger partial charge in [-0.15, -0.1) is 6.58 Å². The lowest BCUT2D eigenvalue weighted by atomic mass is 9.88. The van der Waals surface area contributed by atoms with Crippen LogP contribution in [-0.4, -0.2) is 36.1 Å². The smallest absolute Gasteiger partial charge is 0.222 e. The molecule has 0 N–H and O–H groups in total. The Balaban J connectivity index is 1.66. The van der Waals surface area contributed by atoms with Crippen molar-refractivity contribution in [3.05, 3.63) is 12.7 Å². The van der Waals surface area contributed by atoms with Gasteiger partial charge in [0.25, 0.3) is 0 Å². The van der Waals surface area contributed by atoms with E-state index in [2.05, 4.69) is 13.5 Å². The summed E-state index contributed by atoms with van der Waals surface area (Å²) in [5, 5.41) is 0. The van der Waals surface area contributed by atoms with E-state index in [0.29, 0.717) is 18.6 Å². The van der Waals surface area contributed by atoms with Crippen molar-refractivity contribution < 1.29 is 9.53 Å². The molecule has 20 heavy (non-hydrogen) atoms. The molecule has 2 aliphatic rings. The van der Waals surface area contributed by atoms with E-state index >= 15 is 0 Å². The molecule has 3 nitrogen and oxygen atoms in total. The molecule has 0 spiro atoms. The number of rotatable bonds is 5. The number of ether oxygens (including phenoxy) is 1. The summed E-state index contributed by atoms with van der Waals surface area (Å²) in [6.45, 7) is 7.74. The molecule has 2 rings (SSSR count). The molecule has 114 valence electrons. The molecule has 0 aromatic heterocycles. The normalized spacial score (nSPS) is 28.4. The summed E-state index contributed by atoms with van der Waals surface area (Å²) in [6.07, 6.45) is 11.1. The Hall–Kier alpha value is -0.830. The summed E-state index contributed by atoms with van der Waals surface area (Å²) < 4.78 is 6.24. The number of carbonyl (C=O) groups excluding carboxylic acids is 1. The molecule has 0 atom stereocenters. The first-order valence-corrected chi connectivity index (χ1v) is 8.23. The van der Waals surface area contributed by atoms with Gasteiger partial charge < -0.3 is 9.64 Å². The minimum atomic E-state index is 0.273. The van der Waals surface area contributed by atoms with Crippen molar-refractivity contribution >= 4 is 5.91 Å². The van der Waals surface area contributed by atoms with Gasteiger partial charge in [0, 0.05) is 19.5 Å². The maximum absolute atomic E-state index is 11.9. The minimum absolute atomic E-state index is 0.273. The first kappa shape index (κ1) is 15.6. The van der Waals surface area contributed by atoms with Crippen LogP contribution in [0.3, 0.4) is 0 Å². The number of hydrogen-bond acceptors (Lipinski definition) is 2. The molecule has 0 unspecified atom stereocenters. The van der Waals surface area contributed by atoms with Crippen LogP contribution in [0.2, 0.25) is 0 Å². The highest BCUT2D eigenvalue weighted by Crippen LogP contribution is 2.28.